The molecule has 114 valence electrons. The van der Waals surface area contributed by atoms with Crippen molar-refractivity contribution in [2.75, 3.05) is 25.6 Å². The van der Waals surface area contributed by atoms with Crippen LogP contribution in [0.15, 0.2) is 35.9 Å². The van der Waals surface area contributed by atoms with Gasteiger partial charge in [-0.1, -0.05) is 37.6 Å². The third kappa shape index (κ3) is 2.50. The molecule has 0 spiro atoms. The second-order valence-corrected chi connectivity index (χ2v) is 7.06. The molecule has 0 radical (unpaired) electrons. The summed E-state index contributed by atoms with van der Waals surface area (Å²) in [6, 6.07) is 8.86. The Balaban J connectivity index is 1.90. The Kier molecular flexibility index (Phi) is 3.83. The molecule has 1 aliphatic carbocycles. The summed E-state index contributed by atoms with van der Waals surface area (Å²) in [6.07, 6.45) is 2.69. The molecule has 2 aliphatic rings. The van der Waals surface area contributed by atoms with E-state index in [2.05, 4.69) is 70.1 Å². The average Bonchev–Trinajstić information content (AvgIpc) is 2.44. The molecule has 1 aliphatic heterocycles. The number of hydrogen-bond acceptors (Lipinski definition) is 2. The molecule has 0 saturated carbocycles. The highest BCUT2D eigenvalue weighted by Gasteiger charge is 2.43. The minimum atomic E-state index is 0.219. The largest absolute Gasteiger partial charge is 0.378 e. The van der Waals surface area contributed by atoms with Gasteiger partial charge < -0.3 is 9.64 Å². The Morgan fingerprint density at radius 2 is 1.76 bits per heavy atom. The maximum Gasteiger partial charge on any atom is 0.0892 e. The number of allylic oxidation sites excluding steroid dienone is 1. The molecule has 21 heavy (non-hydrogen) atoms. The van der Waals surface area contributed by atoms with Crippen molar-refractivity contribution in [3.8, 4) is 0 Å². The van der Waals surface area contributed by atoms with Gasteiger partial charge in [-0.2, -0.15) is 0 Å². The highest BCUT2D eigenvalue weighted by Crippen LogP contribution is 2.49. The van der Waals surface area contributed by atoms with E-state index in [0.717, 1.165) is 6.61 Å². The number of nitrogens with zero attached hydrogens (tertiary/aromatic N) is 1. The third-order valence-electron chi connectivity index (χ3n) is 5.50. The molecule has 1 aromatic rings. The minimum absolute atomic E-state index is 0.219. The summed E-state index contributed by atoms with van der Waals surface area (Å²) in [5, 5.41) is 0. The van der Waals surface area contributed by atoms with E-state index >= 15 is 0 Å². The second kappa shape index (κ2) is 5.49. The van der Waals surface area contributed by atoms with Gasteiger partial charge in [0, 0.05) is 25.7 Å². The molecule has 2 heteroatoms. The van der Waals surface area contributed by atoms with Gasteiger partial charge in [-0.25, -0.2) is 0 Å². The molecule has 5 atom stereocenters. The van der Waals surface area contributed by atoms with E-state index < -0.39 is 0 Å². The zero-order valence-corrected chi connectivity index (χ0v) is 13.8. The number of anilines is 1. The van der Waals surface area contributed by atoms with Crippen molar-refractivity contribution < 1.29 is 4.74 Å². The minimum Gasteiger partial charge on any atom is -0.378 e. The molecule has 0 N–H and O–H groups in total. The summed E-state index contributed by atoms with van der Waals surface area (Å²) in [7, 11) is 4.16. The average molecular weight is 285 g/mol. The molecule has 2 nitrogen and oxygen atoms in total. The number of rotatable bonds is 2. The fourth-order valence-corrected chi connectivity index (χ4v) is 4.21. The molecule has 1 aromatic carbocycles. The van der Waals surface area contributed by atoms with Crippen molar-refractivity contribution in [1.29, 1.82) is 0 Å². The van der Waals surface area contributed by atoms with Crippen LogP contribution >= 0.6 is 0 Å². The van der Waals surface area contributed by atoms with E-state index in [4.69, 9.17) is 4.74 Å². The van der Waals surface area contributed by atoms with E-state index in [1.807, 2.05) is 0 Å². The smallest absolute Gasteiger partial charge is 0.0892 e. The Hall–Kier alpha value is -1.28. The first kappa shape index (κ1) is 14.6. The fourth-order valence-electron chi connectivity index (χ4n) is 4.21. The molecule has 0 unspecified atom stereocenters. The van der Waals surface area contributed by atoms with Crippen LogP contribution in [0.5, 0.6) is 0 Å². The van der Waals surface area contributed by atoms with Crippen LogP contribution in [0.3, 0.4) is 0 Å². The Morgan fingerprint density at radius 3 is 2.38 bits per heavy atom. The molecule has 1 fully saturated rings. The van der Waals surface area contributed by atoms with Gasteiger partial charge in [0.15, 0.2) is 0 Å². The van der Waals surface area contributed by atoms with Gasteiger partial charge in [0.2, 0.25) is 0 Å². The molecule has 2 bridgehead atoms. The van der Waals surface area contributed by atoms with E-state index in [0.29, 0.717) is 23.7 Å². The lowest BCUT2D eigenvalue weighted by molar-refractivity contribution is -0.0934. The Labute approximate surface area is 128 Å². The Bertz CT molecular complexity index is 531. The highest BCUT2D eigenvalue weighted by atomic mass is 16.5. The predicted molar refractivity (Wildman–Crippen MR) is 88.5 cm³/mol. The van der Waals surface area contributed by atoms with Crippen molar-refractivity contribution in [2.45, 2.75) is 26.9 Å². The lowest BCUT2D eigenvalue weighted by Crippen LogP contribution is -2.42. The van der Waals surface area contributed by atoms with Crippen molar-refractivity contribution in [2.24, 2.45) is 23.7 Å². The molecular formula is C19H27NO. The lowest BCUT2D eigenvalue weighted by atomic mass is 9.64. The van der Waals surface area contributed by atoms with Crippen LogP contribution in [0, 0.1) is 23.7 Å². The van der Waals surface area contributed by atoms with Gasteiger partial charge in [-0.15, -0.1) is 0 Å². The van der Waals surface area contributed by atoms with Crippen LogP contribution in [0.25, 0.3) is 0 Å². The van der Waals surface area contributed by atoms with E-state index in [1.54, 1.807) is 0 Å². The second-order valence-electron chi connectivity index (χ2n) is 7.06. The standard InChI is InChI=1S/C19H27NO/c1-12-10-13(2)18-14(3)17(12)11-21-19(18)15-6-8-16(9-7-15)20(4)5/h6-10,12,14,17-19H,11H2,1-5H3/t12-,14+,17-,18+,19-/m0/s1. The highest BCUT2D eigenvalue weighted by molar-refractivity contribution is 5.46. The summed E-state index contributed by atoms with van der Waals surface area (Å²) in [4.78, 5) is 2.14. The SMILES string of the molecule is CC1=C[C@H](C)[C@@H]2CO[C@@H](c3ccc(N(C)C)cc3)[C@H]1[C@@H]2C. The summed E-state index contributed by atoms with van der Waals surface area (Å²) >= 11 is 0. The van der Waals surface area contributed by atoms with Crippen LogP contribution in [-0.2, 0) is 4.74 Å². The summed E-state index contributed by atoms with van der Waals surface area (Å²) in [6.45, 7) is 7.91. The molecule has 0 aromatic heterocycles. The molecule has 1 heterocycles. The monoisotopic (exact) mass is 285 g/mol. The fraction of sp³-hybridized carbons (Fsp3) is 0.579. The van der Waals surface area contributed by atoms with Crippen molar-refractivity contribution in [3.63, 3.8) is 0 Å². The number of hydrogen-bond donors (Lipinski definition) is 0. The van der Waals surface area contributed by atoms with Crippen molar-refractivity contribution >= 4 is 5.69 Å². The van der Waals surface area contributed by atoms with Gasteiger partial charge in [-0.05, 0) is 42.4 Å². The van der Waals surface area contributed by atoms with Crippen LogP contribution < -0.4 is 4.90 Å². The predicted octanol–water partition coefficient (Wildman–Crippen LogP) is 4.29. The summed E-state index contributed by atoms with van der Waals surface area (Å²) < 4.78 is 6.29. The summed E-state index contributed by atoms with van der Waals surface area (Å²) in [5.74, 6) is 2.56. The number of benzene rings is 1. The van der Waals surface area contributed by atoms with Gasteiger partial charge in [-0.3, -0.25) is 0 Å². The van der Waals surface area contributed by atoms with Crippen LogP contribution in [-0.4, -0.2) is 20.7 Å². The van der Waals surface area contributed by atoms with E-state index in [9.17, 15) is 0 Å². The number of fused-ring (bicyclic) bond motifs is 2. The van der Waals surface area contributed by atoms with Crippen molar-refractivity contribution in [3.05, 3.63) is 41.5 Å². The van der Waals surface area contributed by atoms with Crippen LogP contribution in [0.2, 0.25) is 0 Å². The van der Waals surface area contributed by atoms with Gasteiger partial charge in [0.25, 0.3) is 0 Å². The van der Waals surface area contributed by atoms with E-state index in [-0.39, 0.29) is 6.10 Å². The topological polar surface area (TPSA) is 12.5 Å². The van der Waals surface area contributed by atoms with Crippen molar-refractivity contribution in [1.82, 2.24) is 0 Å². The molecular weight excluding hydrogens is 258 g/mol. The van der Waals surface area contributed by atoms with Gasteiger partial charge in [0.05, 0.1) is 12.7 Å². The first-order chi connectivity index (χ1) is 9.99. The molecule has 0 amide bonds. The zero-order chi connectivity index (χ0) is 15.1. The summed E-state index contributed by atoms with van der Waals surface area (Å²) in [5.41, 5.74) is 4.07. The maximum absolute atomic E-state index is 6.29. The van der Waals surface area contributed by atoms with Gasteiger partial charge in [0.1, 0.15) is 0 Å². The van der Waals surface area contributed by atoms with Crippen LogP contribution in [0.1, 0.15) is 32.4 Å². The van der Waals surface area contributed by atoms with Gasteiger partial charge >= 0.3 is 0 Å². The normalized spacial score (nSPS) is 35.3. The maximum atomic E-state index is 6.29. The zero-order valence-electron chi connectivity index (χ0n) is 13.8. The third-order valence-corrected chi connectivity index (χ3v) is 5.50. The van der Waals surface area contributed by atoms with Crippen LogP contribution in [0.4, 0.5) is 5.69 Å². The molecule has 3 rings (SSSR count). The first-order valence-electron chi connectivity index (χ1n) is 8.06. The van der Waals surface area contributed by atoms with E-state index in [1.165, 1.54) is 16.8 Å². The molecule has 1 saturated heterocycles. The number of ether oxygens (including phenoxy) is 1. The lowest BCUT2D eigenvalue weighted by Gasteiger charge is -2.47. The quantitative estimate of drug-likeness (QED) is 0.752. The Morgan fingerprint density at radius 1 is 1.10 bits per heavy atom. The first-order valence-corrected chi connectivity index (χ1v) is 8.06.